The van der Waals surface area contributed by atoms with Crippen LogP contribution in [0.15, 0.2) is 23.8 Å². The molecular formula is C24H38. The largest absolute Gasteiger partial charge is 0.0996 e. The Labute approximate surface area is 150 Å². The summed E-state index contributed by atoms with van der Waals surface area (Å²) < 4.78 is 0. The van der Waals surface area contributed by atoms with Gasteiger partial charge in [-0.2, -0.15) is 0 Å². The summed E-state index contributed by atoms with van der Waals surface area (Å²) in [5.41, 5.74) is 4.67. The van der Waals surface area contributed by atoms with Crippen molar-refractivity contribution in [2.45, 2.75) is 86.0 Å². The summed E-state index contributed by atoms with van der Waals surface area (Å²) in [5, 5.41) is 0. The van der Waals surface area contributed by atoms with Crippen LogP contribution in [0, 0.1) is 39.9 Å². The predicted octanol–water partition coefficient (Wildman–Crippen LogP) is 7.17. The molecule has 0 aromatic carbocycles. The maximum Gasteiger partial charge on any atom is -0.00652 e. The molecule has 0 spiro atoms. The van der Waals surface area contributed by atoms with Crippen LogP contribution >= 0.6 is 0 Å². The van der Waals surface area contributed by atoms with Crippen molar-refractivity contribution in [1.29, 1.82) is 0 Å². The van der Waals surface area contributed by atoms with Gasteiger partial charge in [0.05, 0.1) is 0 Å². The molecule has 4 aliphatic carbocycles. The molecule has 0 aliphatic heterocycles. The topological polar surface area (TPSA) is 0 Å². The third-order valence-electron chi connectivity index (χ3n) is 9.90. The van der Waals surface area contributed by atoms with Gasteiger partial charge in [0.25, 0.3) is 0 Å². The van der Waals surface area contributed by atoms with Crippen LogP contribution in [0.3, 0.4) is 0 Å². The van der Waals surface area contributed by atoms with E-state index in [0.29, 0.717) is 16.2 Å². The summed E-state index contributed by atoms with van der Waals surface area (Å²) in [6, 6.07) is 0. The van der Waals surface area contributed by atoms with Gasteiger partial charge in [0, 0.05) is 0 Å². The Kier molecular flexibility index (Phi) is 3.70. The highest BCUT2D eigenvalue weighted by atomic mass is 14.7. The van der Waals surface area contributed by atoms with Crippen molar-refractivity contribution >= 4 is 0 Å². The molecule has 0 saturated heterocycles. The molecule has 0 radical (unpaired) electrons. The molecule has 4 rings (SSSR count). The van der Waals surface area contributed by atoms with Crippen LogP contribution in [0.25, 0.3) is 0 Å². The SMILES string of the molecule is C=C(C)C1(C)CCC2C3CC=C4CC(C)CCC4(C)C3CCC21C. The van der Waals surface area contributed by atoms with Gasteiger partial charge in [-0.05, 0) is 98.2 Å². The van der Waals surface area contributed by atoms with Crippen molar-refractivity contribution < 1.29 is 0 Å². The molecule has 7 unspecified atom stereocenters. The molecule has 134 valence electrons. The zero-order valence-corrected chi connectivity index (χ0v) is 16.8. The Balaban J connectivity index is 1.69. The standard InChI is InChI=1S/C24H38/c1-16(2)23(5)13-11-21-19-8-7-18-15-17(3)9-12-22(18,4)20(19)10-14-24(21,23)6/h7,17,19-21H,1,8-15H2,2-6H3. The lowest BCUT2D eigenvalue weighted by Gasteiger charge is -2.59. The lowest BCUT2D eigenvalue weighted by Crippen LogP contribution is -2.51. The average molecular weight is 327 g/mol. The van der Waals surface area contributed by atoms with E-state index in [4.69, 9.17) is 0 Å². The van der Waals surface area contributed by atoms with Crippen LogP contribution in [0.2, 0.25) is 0 Å². The van der Waals surface area contributed by atoms with E-state index in [1.54, 1.807) is 0 Å². The monoisotopic (exact) mass is 326 g/mol. The number of hydrogen-bond acceptors (Lipinski definition) is 0. The second-order valence-electron chi connectivity index (χ2n) is 10.7. The minimum absolute atomic E-state index is 0.370. The van der Waals surface area contributed by atoms with Crippen molar-refractivity contribution in [1.82, 2.24) is 0 Å². The lowest BCUT2D eigenvalue weighted by atomic mass is 9.45. The molecule has 0 N–H and O–H groups in total. The van der Waals surface area contributed by atoms with E-state index in [2.05, 4.69) is 47.3 Å². The molecule has 7 atom stereocenters. The first-order valence-electron chi connectivity index (χ1n) is 10.6. The summed E-state index contributed by atoms with van der Waals surface area (Å²) in [4.78, 5) is 0. The molecule has 4 aliphatic rings. The molecule has 24 heavy (non-hydrogen) atoms. The molecule has 0 aromatic heterocycles. The van der Waals surface area contributed by atoms with E-state index in [0.717, 1.165) is 23.7 Å². The fourth-order valence-corrected chi connectivity index (χ4v) is 7.81. The van der Waals surface area contributed by atoms with Gasteiger partial charge >= 0.3 is 0 Å². The summed E-state index contributed by atoms with van der Waals surface area (Å²) in [6.07, 6.45) is 14.1. The molecule has 0 heterocycles. The van der Waals surface area contributed by atoms with E-state index in [9.17, 15) is 0 Å². The third-order valence-corrected chi connectivity index (χ3v) is 9.90. The van der Waals surface area contributed by atoms with E-state index in [1.807, 2.05) is 5.57 Å². The Hall–Kier alpha value is -0.520. The van der Waals surface area contributed by atoms with Crippen LogP contribution in [0.4, 0.5) is 0 Å². The summed E-state index contributed by atoms with van der Waals surface area (Å²) in [5.74, 6) is 3.72. The van der Waals surface area contributed by atoms with Crippen LogP contribution in [0.5, 0.6) is 0 Å². The molecule has 3 saturated carbocycles. The Morgan fingerprint density at radius 2 is 1.75 bits per heavy atom. The highest BCUT2D eigenvalue weighted by Crippen LogP contribution is 2.70. The lowest BCUT2D eigenvalue weighted by molar-refractivity contribution is -0.0589. The molecule has 3 fully saturated rings. The van der Waals surface area contributed by atoms with Crippen molar-refractivity contribution in [2.24, 2.45) is 39.9 Å². The smallest absolute Gasteiger partial charge is 0.00652 e. The Morgan fingerprint density at radius 1 is 1.04 bits per heavy atom. The van der Waals surface area contributed by atoms with E-state index in [1.165, 1.54) is 56.9 Å². The van der Waals surface area contributed by atoms with Gasteiger partial charge in [0.1, 0.15) is 0 Å². The quantitative estimate of drug-likeness (QED) is 0.448. The molecule has 0 bridgehead atoms. The van der Waals surface area contributed by atoms with E-state index < -0.39 is 0 Å². The first-order chi connectivity index (χ1) is 11.2. The maximum atomic E-state index is 4.42. The highest BCUT2D eigenvalue weighted by molar-refractivity contribution is 5.27. The first-order valence-corrected chi connectivity index (χ1v) is 10.6. The molecule has 0 amide bonds. The van der Waals surface area contributed by atoms with Crippen molar-refractivity contribution in [3.8, 4) is 0 Å². The summed E-state index contributed by atoms with van der Waals surface area (Å²) in [6.45, 7) is 17.0. The van der Waals surface area contributed by atoms with Crippen molar-refractivity contribution in [3.05, 3.63) is 23.8 Å². The highest BCUT2D eigenvalue weighted by Gasteiger charge is 2.62. The van der Waals surface area contributed by atoms with Gasteiger partial charge in [0.2, 0.25) is 0 Å². The van der Waals surface area contributed by atoms with E-state index >= 15 is 0 Å². The normalized spacial score (nSPS) is 53.6. The molecular weight excluding hydrogens is 288 g/mol. The number of hydrogen-bond donors (Lipinski definition) is 0. The number of rotatable bonds is 1. The minimum Gasteiger partial charge on any atom is -0.0996 e. The minimum atomic E-state index is 0.370. The first kappa shape index (κ1) is 16.9. The second-order valence-corrected chi connectivity index (χ2v) is 10.7. The zero-order valence-electron chi connectivity index (χ0n) is 16.8. The van der Waals surface area contributed by atoms with Crippen molar-refractivity contribution in [3.63, 3.8) is 0 Å². The van der Waals surface area contributed by atoms with Gasteiger partial charge in [-0.25, -0.2) is 0 Å². The van der Waals surface area contributed by atoms with Gasteiger partial charge < -0.3 is 0 Å². The predicted molar refractivity (Wildman–Crippen MR) is 104 cm³/mol. The number of allylic oxidation sites excluding steroid dienone is 3. The average Bonchev–Trinajstić information content (AvgIpc) is 2.81. The van der Waals surface area contributed by atoms with E-state index in [-0.39, 0.29) is 0 Å². The summed E-state index contributed by atoms with van der Waals surface area (Å²) in [7, 11) is 0. The maximum absolute atomic E-state index is 4.42. The summed E-state index contributed by atoms with van der Waals surface area (Å²) >= 11 is 0. The fourth-order valence-electron chi connectivity index (χ4n) is 7.81. The van der Waals surface area contributed by atoms with Gasteiger partial charge in [-0.15, -0.1) is 0 Å². The van der Waals surface area contributed by atoms with Crippen LogP contribution < -0.4 is 0 Å². The van der Waals surface area contributed by atoms with Gasteiger partial charge in [-0.1, -0.05) is 51.5 Å². The third kappa shape index (κ3) is 1.98. The zero-order chi connectivity index (χ0) is 17.3. The second kappa shape index (κ2) is 5.24. The van der Waals surface area contributed by atoms with Crippen LogP contribution in [0.1, 0.15) is 86.0 Å². The number of fused-ring (bicyclic) bond motifs is 5. The van der Waals surface area contributed by atoms with Gasteiger partial charge in [-0.3, -0.25) is 0 Å². The molecule has 0 aromatic rings. The fraction of sp³-hybridized carbons (Fsp3) is 0.833. The van der Waals surface area contributed by atoms with Gasteiger partial charge in [0.15, 0.2) is 0 Å². The van der Waals surface area contributed by atoms with Crippen LogP contribution in [-0.4, -0.2) is 0 Å². The Morgan fingerprint density at radius 3 is 2.46 bits per heavy atom. The van der Waals surface area contributed by atoms with Crippen molar-refractivity contribution in [2.75, 3.05) is 0 Å². The Bertz CT molecular complexity index is 583. The van der Waals surface area contributed by atoms with Crippen LogP contribution in [-0.2, 0) is 0 Å². The molecule has 0 nitrogen and oxygen atoms in total. The molecule has 0 heteroatoms.